The van der Waals surface area contributed by atoms with Gasteiger partial charge in [-0.25, -0.2) is 4.98 Å². The summed E-state index contributed by atoms with van der Waals surface area (Å²) in [4.78, 5) is 31.0. The van der Waals surface area contributed by atoms with Gasteiger partial charge >= 0.3 is 5.97 Å². The third kappa shape index (κ3) is 4.71. The molecule has 0 radical (unpaired) electrons. The van der Waals surface area contributed by atoms with E-state index >= 15 is 0 Å². The van der Waals surface area contributed by atoms with E-state index in [0.717, 1.165) is 21.8 Å². The molecule has 0 N–H and O–H groups in total. The monoisotopic (exact) mass is 406 g/mol. The van der Waals surface area contributed by atoms with E-state index in [9.17, 15) is 9.59 Å². The van der Waals surface area contributed by atoms with Crippen LogP contribution >= 0.6 is 11.3 Å². The Hall–Kier alpha value is -2.99. The summed E-state index contributed by atoms with van der Waals surface area (Å²) in [6.45, 7) is 3.10. The van der Waals surface area contributed by atoms with Crippen molar-refractivity contribution in [1.29, 1.82) is 0 Å². The number of ether oxygens (including phenoxy) is 1. The van der Waals surface area contributed by atoms with Crippen molar-refractivity contribution < 1.29 is 14.3 Å². The average molecular weight is 407 g/mol. The fraction of sp³-hybridized carbons (Fsp3) is 0.261. The average Bonchev–Trinajstić information content (AvgIpc) is 3.35. The van der Waals surface area contributed by atoms with Gasteiger partial charge in [0.2, 0.25) is 5.91 Å². The summed E-state index contributed by atoms with van der Waals surface area (Å²) in [5, 5.41) is 2.81. The Bertz CT molecular complexity index is 998. The molecule has 1 atom stereocenters. The van der Waals surface area contributed by atoms with Crippen molar-refractivity contribution in [3.63, 3.8) is 0 Å². The second-order valence-corrected chi connectivity index (χ2v) is 8.14. The lowest BCUT2D eigenvalue weighted by molar-refractivity contribution is -0.149. The highest BCUT2D eigenvalue weighted by Crippen LogP contribution is 2.25. The van der Waals surface area contributed by atoms with Crippen LogP contribution in [0.5, 0.6) is 0 Å². The van der Waals surface area contributed by atoms with Crippen LogP contribution in [0.2, 0.25) is 0 Å². The van der Waals surface area contributed by atoms with Crippen LogP contribution in [0, 0.1) is 12.8 Å². The third-order valence-corrected chi connectivity index (χ3v) is 5.92. The molecule has 3 aromatic rings. The maximum absolute atomic E-state index is 12.5. The molecular formula is C23H22N2O3S. The van der Waals surface area contributed by atoms with Gasteiger partial charge in [-0.2, -0.15) is 0 Å². The number of benzene rings is 2. The second kappa shape index (κ2) is 8.57. The van der Waals surface area contributed by atoms with Crippen molar-refractivity contribution in [3.8, 4) is 10.6 Å². The van der Waals surface area contributed by atoms with Crippen LogP contribution in [0.1, 0.15) is 23.2 Å². The first-order valence-electron chi connectivity index (χ1n) is 9.58. The summed E-state index contributed by atoms with van der Waals surface area (Å²) in [5.74, 6) is -0.758. The Kier molecular flexibility index (Phi) is 5.71. The van der Waals surface area contributed by atoms with Crippen LogP contribution in [-0.2, 0) is 27.5 Å². The van der Waals surface area contributed by atoms with Crippen molar-refractivity contribution in [2.45, 2.75) is 26.5 Å². The number of aromatic nitrogens is 1. The first-order valence-corrected chi connectivity index (χ1v) is 10.5. The highest BCUT2D eigenvalue weighted by atomic mass is 32.1. The molecule has 0 unspecified atom stereocenters. The van der Waals surface area contributed by atoms with E-state index in [4.69, 9.17) is 4.74 Å². The summed E-state index contributed by atoms with van der Waals surface area (Å²) in [6, 6.07) is 18.0. The Morgan fingerprint density at radius 1 is 1.17 bits per heavy atom. The number of amides is 1. The number of esters is 1. The molecule has 0 saturated carbocycles. The first-order chi connectivity index (χ1) is 14.1. The van der Waals surface area contributed by atoms with E-state index in [1.165, 1.54) is 16.9 Å². The molecule has 1 saturated heterocycles. The minimum atomic E-state index is -0.415. The maximum atomic E-state index is 12.5. The fourth-order valence-corrected chi connectivity index (χ4v) is 4.16. The van der Waals surface area contributed by atoms with Crippen LogP contribution in [0.4, 0.5) is 0 Å². The summed E-state index contributed by atoms with van der Waals surface area (Å²) >= 11 is 1.53. The van der Waals surface area contributed by atoms with E-state index < -0.39 is 5.92 Å². The molecule has 1 fully saturated rings. The number of rotatable bonds is 6. The van der Waals surface area contributed by atoms with Gasteiger partial charge in [-0.15, -0.1) is 11.3 Å². The van der Waals surface area contributed by atoms with Gasteiger partial charge in [-0.1, -0.05) is 60.2 Å². The van der Waals surface area contributed by atoms with Crippen LogP contribution in [0.3, 0.4) is 0 Å². The summed E-state index contributed by atoms with van der Waals surface area (Å²) in [6.07, 6.45) is 0.206. The molecule has 0 aliphatic carbocycles. The Labute approximate surface area is 174 Å². The number of thiazole rings is 1. The predicted octanol–water partition coefficient (Wildman–Crippen LogP) is 4.21. The molecule has 4 rings (SSSR count). The molecule has 29 heavy (non-hydrogen) atoms. The largest absolute Gasteiger partial charge is 0.459 e. The van der Waals surface area contributed by atoms with Gasteiger partial charge in [-0.3, -0.25) is 9.59 Å². The molecule has 1 aromatic heterocycles. The molecule has 1 amide bonds. The minimum Gasteiger partial charge on any atom is -0.459 e. The third-order valence-electron chi connectivity index (χ3n) is 4.98. The van der Waals surface area contributed by atoms with Crippen LogP contribution in [0.25, 0.3) is 10.6 Å². The van der Waals surface area contributed by atoms with Crippen molar-refractivity contribution in [3.05, 3.63) is 76.8 Å². The van der Waals surface area contributed by atoms with Crippen LogP contribution in [-0.4, -0.2) is 28.3 Å². The topological polar surface area (TPSA) is 59.5 Å². The Morgan fingerprint density at radius 2 is 1.93 bits per heavy atom. The predicted molar refractivity (Wildman–Crippen MR) is 112 cm³/mol. The fourth-order valence-electron chi connectivity index (χ4n) is 3.35. The Morgan fingerprint density at radius 3 is 2.69 bits per heavy atom. The first kappa shape index (κ1) is 19.3. The molecule has 148 valence electrons. The Balaban J connectivity index is 1.31. The van der Waals surface area contributed by atoms with Gasteiger partial charge in [0.15, 0.2) is 0 Å². The second-order valence-electron chi connectivity index (χ2n) is 7.28. The molecule has 1 aliphatic rings. The SMILES string of the molecule is Cc1ccc(-c2nc(COC(=O)[C@@H]3CC(=O)N(Cc4ccccc4)C3)cs2)cc1. The van der Waals surface area contributed by atoms with E-state index in [1.54, 1.807) is 4.90 Å². The van der Waals surface area contributed by atoms with Crippen molar-refractivity contribution in [2.24, 2.45) is 5.92 Å². The zero-order valence-electron chi connectivity index (χ0n) is 16.2. The number of nitrogens with zero attached hydrogens (tertiary/aromatic N) is 2. The number of carbonyl (C=O) groups is 2. The van der Waals surface area contributed by atoms with Crippen molar-refractivity contribution in [1.82, 2.24) is 9.88 Å². The molecule has 2 heterocycles. The molecule has 6 heteroatoms. The minimum absolute atomic E-state index is 0.00822. The van der Waals surface area contributed by atoms with Crippen molar-refractivity contribution >= 4 is 23.2 Å². The van der Waals surface area contributed by atoms with E-state index in [1.807, 2.05) is 54.8 Å². The summed E-state index contributed by atoms with van der Waals surface area (Å²) in [7, 11) is 0. The van der Waals surface area contributed by atoms with E-state index in [0.29, 0.717) is 13.1 Å². The van der Waals surface area contributed by atoms with E-state index in [2.05, 4.69) is 17.1 Å². The van der Waals surface area contributed by atoms with Crippen LogP contribution < -0.4 is 0 Å². The molecule has 1 aliphatic heterocycles. The molecule has 0 bridgehead atoms. The normalized spacial score (nSPS) is 16.2. The van der Waals surface area contributed by atoms with Gasteiger partial charge in [0.1, 0.15) is 11.6 Å². The zero-order chi connectivity index (χ0) is 20.2. The molecular weight excluding hydrogens is 384 g/mol. The van der Waals surface area contributed by atoms with Crippen LogP contribution in [0.15, 0.2) is 60.0 Å². The van der Waals surface area contributed by atoms with Gasteiger partial charge in [0, 0.05) is 30.5 Å². The lowest BCUT2D eigenvalue weighted by Crippen LogP contribution is -2.26. The van der Waals surface area contributed by atoms with Gasteiger partial charge in [0.25, 0.3) is 0 Å². The number of carbonyl (C=O) groups excluding carboxylic acids is 2. The number of hydrogen-bond donors (Lipinski definition) is 0. The smallest absolute Gasteiger partial charge is 0.311 e. The molecule has 2 aromatic carbocycles. The number of hydrogen-bond acceptors (Lipinski definition) is 5. The summed E-state index contributed by atoms with van der Waals surface area (Å²) in [5.41, 5.74) is 4.04. The summed E-state index contributed by atoms with van der Waals surface area (Å²) < 4.78 is 5.45. The number of aryl methyl sites for hydroxylation is 1. The lowest BCUT2D eigenvalue weighted by Gasteiger charge is -2.16. The zero-order valence-corrected chi connectivity index (χ0v) is 17.0. The van der Waals surface area contributed by atoms with Crippen molar-refractivity contribution in [2.75, 3.05) is 6.54 Å². The quantitative estimate of drug-likeness (QED) is 0.576. The standard InChI is InChI=1S/C23H22N2O3S/c1-16-7-9-18(10-8-16)22-24-20(15-29-22)14-28-23(27)19-11-21(26)25(13-19)12-17-5-3-2-4-6-17/h2-10,15,19H,11-14H2,1H3/t19-/m1/s1. The van der Waals surface area contributed by atoms with Gasteiger partial charge in [0.05, 0.1) is 11.6 Å². The molecule has 5 nitrogen and oxygen atoms in total. The van der Waals surface area contributed by atoms with Gasteiger partial charge in [-0.05, 0) is 12.5 Å². The highest BCUT2D eigenvalue weighted by molar-refractivity contribution is 7.13. The number of likely N-dealkylation sites (tertiary alicyclic amines) is 1. The van der Waals surface area contributed by atoms with E-state index in [-0.39, 0.29) is 24.9 Å². The highest BCUT2D eigenvalue weighted by Gasteiger charge is 2.35. The molecule has 0 spiro atoms. The maximum Gasteiger partial charge on any atom is 0.311 e. The van der Waals surface area contributed by atoms with Gasteiger partial charge < -0.3 is 9.64 Å². The lowest BCUT2D eigenvalue weighted by atomic mass is 10.1.